The maximum absolute atomic E-state index is 12.3. The fourth-order valence-electron chi connectivity index (χ4n) is 2.79. The maximum Gasteiger partial charge on any atom is 0.239 e. The fraction of sp³-hybridized carbons (Fsp3) is 0.588. The summed E-state index contributed by atoms with van der Waals surface area (Å²) in [5.74, 6) is 0.118. The number of nitrogens with two attached hydrogens (primary N) is 1. The first-order valence-electron chi connectivity index (χ1n) is 7.97. The second-order valence-corrected chi connectivity index (χ2v) is 5.90. The third-order valence-corrected chi connectivity index (χ3v) is 4.14. The molecule has 0 radical (unpaired) electrons. The third-order valence-electron chi connectivity index (χ3n) is 4.14. The Hall–Kier alpha value is -1.55. The van der Waals surface area contributed by atoms with Gasteiger partial charge in [0, 0.05) is 31.9 Å². The lowest BCUT2D eigenvalue weighted by molar-refractivity contribution is -0.133. The van der Waals surface area contributed by atoms with Crippen molar-refractivity contribution < 1.29 is 4.79 Å². The van der Waals surface area contributed by atoms with Gasteiger partial charge in [-0.15, -0.1) is 0 Å². The molecular weight excluding hydrogens is 262 g/mol. The van der Waals surface area contributed by atoms with Crippen LogP contribution in [0.15, 0.2) is 24.3 Å². The molecule has 2 N–H and O–H groups in total. The highest BCUT2D eigenvalue weighted by molar-refractivity contribution is 5.81. The molecule has 1 fully saturated rings. The van der Waals surface area contributed by atoms with Gasteiger partial charge in [-0.25, -0.2) is 0 Å². The lowest BCUT2D eigenvalue weighted by Gasteiger charge is -2.37. The molecule has 1 aromatic rings. The zero-order chi connectivity index (χ0) is 15.2. The van der Waals surface area contributed by atoms with Crippen LogP contribution in [0.1, 0.15) is 31.7 Å². The Bertz CT molecular complexity index is 467. The average Bonchev–Trinajstić information content (AvgIpc) is 2.52. The first kappa shape index (κ1) is 15.8. The van der Waals surface area contributed by atoms with Crippen LogP contribution in [0.4, 0.5) is 5.69 Å². The van der Waals surface area contributed by atoms with Crippen molar-refractivity contribution in [1.82, 2.24) is 4.90 Å². The highest BCUT2D eigenvalue weighted by Crippen LogP contribution is 2.18. The van der Waals surface area contributed by atoms with Gasteiger partial charge in [-0.1, -0.05) is 31.9 Å². The Balaban J connectivity index is 1.87. The Morgan fingerprint density at radius 3 is 2.62 bits per heavy atom. The van der Waals surface area contributed by atoms with Crippen LogP contribution >= 0.6 is 0 Å². The minimum Gasteiger partial charge on any atom is -0.368 e. The SMILES string of the molecule is CCCC[C@H](N)C(=O)N1CCN(c2cccc(C)c2)CC1. The molecule has 116 valence electrons. The van der Waals surface area contributed by atoms with E-state index in [2.05, 4.69) is 43.0 Å². The number of rotatable bonds is 5. The van der Waals surface area contributed by atoms with Crippen molar-refractivity contribution in [3.63, 3.8) is 0 Å². The van der Waals surface area contributed by atoms with Crippen molar-refractivity contribution in [1.29, 1.82) is 0 Å². The van der Waals surface area contributed by atoms with Crippen LogP contribution in [-0.4, -0.2) is 43.0 Å². The van der Waals surface area contributed by atoms with E-state index in [0.717, 1.165) is 45.4 Å². The van der Waals surface area contributed by atoms with E-state index >= 15 is 0 Å². The molecule has 4 heteroatoms. The normalized spacial score (nSPS) is 16.9. The van der Waals surface area contributed by atoms with Crippen molar-refractivity contribution in [2.45, 2.75) is 39.2 Å². The fourth-order valence-corrected chi connectivity index (χ4v) is 2.79. The van der Waals surface area contributed by atoms with Gasteiger partial charge >= 0.3 is 0 Å². The molecule has 1 heterocycles. The van der Waals surface area contributed by atoms with Gasteiger partial charge in [0.25, 0.3) is 0 Å². The molecule has 1 aliphatic heterocycles. The van der Waals surface area contributed by atoms with Crippen LogP contribution in [0.3, 0.4) is 0 Å². The zero-order valence-electron chi connectivity index (χ0n) is 13.2. The smallest absolute Gasteiger partial charge is 0.239 e. The van der Waals surface area contributed by atoms with E-state index in [1.54, 1.807) is 0 Å². The number of hydrogen-bond donors (Lipinski definition) is 1. The summed E-state index contributed by atoms with van der Waals surface area (Å²) in [5.41, 5.74) is 8.51. The van der Waals surface area contributed by atoms with Gasteiger partial charge in [0.15, 0.2) is 0 Å². The molecule has 0 saturated carbocycles. The standard InChI is InChI=1S/C17H27N3O/c1-3-4-8-16(18)17(21)20-11-9-19(10-12-20)15-7-5-6-14(2)13-15/h5-7,13,16H,3-4,8-12,18H2,1-2H3/t16-/m0/s1. The minimum absolute atomic E-state index is 0.118. The van der Waals surface area contributed by atoms with Gasteiger partial charge in [-0.3, -0.25) is 4.79 Å². The molecule has 1 amide bonds. The summed E-state index contributed by atoms with van der Waals surface area (Å²) in [7, 11) is 0. The van der Waals surface area contributed by atoms with E-state index in [-0.39, 0.29) is 11.9 Å². The monoisotopic (exact) mass is 289 g/mol. The molecule has 4 nitrogen and oxygen atoms in total. The Morgan fingerprint density at radius 1 is 1.29 bits per heavy atom. The largest absolute Gasteiger partial charge is 0.368 e. The summed E-state index contributed by atoms with van der Waals surface area (Å²) in [6, 6.07) is 8.20. The van der Waals surface area contributed by atoms with Crippen molar-refractivity contribution in [3.05, 3.63) is 29.8 Å². The molecule has 0 bridgehead atoms. The van der Waals surface area contributed by atoms with Crippen molar-refractivity contribution in [3.8, 4) is 0 Å². The summed E-state index contributed by atoms with van der Waals surface area (Å²) in [6.07, 6.45) is 2.91. The predicted octanol–water partition coefficient (Wildman–Crippen LogP) is 2.16. The van der Waals surface area contributed by atoms with Crippen LogP contribution in [0.25, 0.3) is 0 Å². The summed E-state index contributed by atoms with van der Waals surface area (Å²) in [5, 5.41) is 0. The van der Waals surface area contributed by atoms with E-state index in [0.29, 0.717) is 0 Å². The highest BCUT2D eigenvalue weighted by atomic mass is 16.2. The lowest BCUT2D eigenvalue weighted by atomic mass is 10.1. The number of benzene rings is 1. The number of piperazine rings is 1. The summed E-state index contributed by atoms with van der Waals surface area (Å²) < 4.78 is 0. The number of aryl methyl sites for hydroxylation is 1. The minimum atomic E-state index is -0.324. The molecular formula is C17H27N3O. The summed E-state index contributed by atoms with van der Waals surface area (Å²) in [6.45, 7) is 7.54. The van der Waals surface area contributed by atoms with E-state index in [9.17, 15) is 4.79 Å². The Labute approximate surface area is 127 Å². The van der Waals surface area contributed by atoms with Crippen LogP contribution < -0.4 is 10.6 Å². The van der Waals surface area contributed by atoms with Crippen LogP contribution in [0.2, 0.25) is 0 Å². The number of amides is 1. The molecule has 0 aromatic heterocycles. The molecule has 0 spiro atoms. The highest BCUT2D eigenvalue weighted by Gasteiger charge is 2.24. The second-order valence-electron chi connectivity index (χ2n) is 5.90. The first-order chi connectivity index (χ1) is 10.1. The van der Waals surface area contributed by atoms with Crippen LogP contribution in [0.5, 0.6) is 0 Å². The molecule has 0 unspecified atom stereocenters. The van der Waals surface area contributed by atoms with Crippen molar-refractivity contribution >= 4 is 11.6 Å². The van der Waals surface area contributed by atoms with Gasteiger partial charge in [0.1, 0.15) is 0 Å². The van der Waals surface area contributed by atoms with E-state index in [1.165, 1.54) is 11.3 Å². The van der Waals surface area contributed by atoms with Gasteiger partial charge in [0.05, 0.1) is 6.04 Å². The lowest BCUT2D eigenvalue weighted by Crippen LogP contribution is -2.53. The zero-order valence-corrected chi connectivity index (χ0v) is 13.2. The van der Waals surface area contributed by atoms with Crippen molar-refractivity contribution in [2.24, 2.45) is 5.73 Å². The first-order valence-corrected chi connectivity index (χ1v) is 7.97. The number of anilines is 1. The van der Waals surface area contributed by atoms with Crippen LogP contribution in [0, 0.1) is 6.92 Å². The number of unbranched alkanes of at least 4 members (excludes halogenated alkanes) is 1. The number of carbonyl (C=O) groups excluding carboxylic acids is 1. The summed E-state index contributed by atoms with van der Waals surface area (Å²) >= 11 is 0. The quantitative estimate of drug-likeness (QED) is 0.903. The van der Waals surface area contributed by atoms with Crippen molar-refractivity contribution in [2.75, 3.05) is 31.1 Å². The topological polar surface area (TPSA) is 49.6 Å². The van der Waals surface area contributed by atoms with E-state index in [1.807, 2.05) is 4.90 Å². The Kier molecular flexibility index (Phi) is 5.62. The van der Waals surface area contributed by atoms with E-state index < -0.39 is 0 Å². The molecule has 1 aliphatic rings. The number of carbonyl (C=O) groups is 1. The average molecular weight is 289 g/mol. The molecule has 21 heavy (non-hydrogen) atoms. The Morgan fingerprint density at radius 2 is 2.00 bits per heavy atom. The van der Waals surface area contributed by atoms with E-state index in [4.69, 9.17) is 5.73 Å². The summed E-state index contributed by atoms with van der Waals surface area (Å²) in [4.78, 5) is 16.5. The van der Waals surface area contributed by atoms with Gasteiger partial charge in [-0.05, 0) is 31.0 Å². The molecule has 1 aromatic carbocycles. The molecule has 1 atom stereocenters. The maximum atomic E-state index is 12.3. The predicted molar refractivity (Wildman–Crippen MR) is 87.5 cm³/mol. The molecule has 0 aliphatic carbocycles. The molecule has 2 rings (SSSR count). The van der Waals surface area contributed by atoms with Gasteiger partial charge in [0.2, 0.25) is 5.91 Å². The number of nitrogens with zero attached hydrogens (tertiary/aromatic N) is 2. The van der Waals surface area contributed by atoms with Gasteiger partial charge in [-0.2, -0.15) is 0 Å². The van der Waals surface area contributed by atoms with Crippen LogP contribution in [-0.2, 0) is 4.79 Å². The molecule has 1 saturated heterocycles. The second kappa shape index (κ2) is 7.46. The third kappa shape index (κ3) is 4.21. The van der Waals surface area contributed by atoms with Gasteiger partial charge < -0.3 is 15.5 Å². The number of hydrogen-bond acceptors (Lipinski definition) is 3.